The molecule has 0 spiro atoms. The summed E-state index contributed by atoms with van der Waals surface area (Å²) in [6, 6.07) is 11.3. The van der Waals surface area contributed by atoms with E-state index in [0.29, 0.717) is 0 Å². The summed E-state index contributed by atoms with van der Waals surface area (Å²) in [6.07, 6.45) is -7.40. The zero-order valence-electron chi connectivity index (χ0n) is 15.3. The minimum atomic E-state index is -6.15. The first-order valence-electron chi connectivity index (χ1n) is 8.57. The quantitative estimate of drug-likeness (QED) is 0.616. The number of aliphatic hydroxyl groups is 1. The fraction of sp³-hybridized carbons (Fsp3) is 0.263. The Bertz CT molecular complexity index is 1020. The predicted molar refractivity (Wildman–Crippen MR) is 102 cm³/mol. The van der Waals surface area contributed by atoms with Crippen LogP contribution < -0.4 is 4.74 Å². The molecule has 0 aromatic heterocycles. The van der Waals surface area contributed by atoms with Gasteiger partial charge in [-0.3, -0.25) is 4.79 Å². The number of nitrogens with zero attached hydrogens (tertiary/aromatic N) is 2. The molecule has 2 aromatic rings. The number of ether oxygens (including phenoxy) is 1. The van der Waals surface area contributed by atoms with Crippen LogP contribution in [-0.4, -0.2) is 46.2 Å². The number of carbonyl (C=O) groups is 1. The molecular formula is C19H13Cl2F5N2O3. The maximum Gasteiger partial charge on any atom is 0.458 e. The van der Waals surface area contributed by atoms with Crippen LogP contribution in [0.1, 0.15) is 12.0 Å². The second kappa shape index (κ2) is 8.25. The van der Waals surface area contributed by atoms with Gasteiger partial charge in [-0.15, -0.1) is 0 Å². The van der Waals surface area contributed by atoms with E-state index in [4.69, 9.17) is 27.9 Å². The van der Waals surface area contributed by atoms with Crippen LogP contribution >= 0.6 is 23.2 Å². The van der Waals surface area contributed by atoms with Gasteiger partial charge in [-0.25, -0.2) is 0 Å². The average Bonchev–Trinajstić information content (AvgIpc) is 3.06. The van der Waals surface area contributed by atoms with Gasteiger partial charge in [-0.05, 0) is 23.8 Å². The van der Waals surface area contributed by atoms with Gasteiger partial charge < -0.3 is 9.84 Å². The number of halogens is 7. The third-order valence-electron chi connectivity index (χ3n) is 4.43. The van der Waals surface area contributed by atoms with Gasteiger partial charge in [-0.2, -0.15) is 32.1 Å². The standard InChI is InChI=1S/C19H13Cl2F5N2O3/c20-12-6-7-15(13(21)8-12)31-10-16(29)28-17(30,18(22,23)19(24,25)26)9-14(27-28)11-4-2-1-3-5-11/h1-8,30H,9-10H2. The Morgan fingerprint density at radius 1 is 1.13 bits per heavy atom. The van der Waals surface area contributed by atoms with Gasteiger partial charge in [0.05, 0.1) is 10.7 Å². The molecule has 2 aromatic carbocycles. The maximum atomic E-state index is 14.3. The molecule has 12 heteroatoms. The van der Waals surface area contributed by atoms with E-state index in [1.807, 2.05) is 0 Å². The number of hydrogen-bond donors (Lipinski definition) is 1. The van der Waals surface area contributed by atoms with E-state index in [2.05, 4.69) is 5.10 Å². The monoisotopic (exact) mass is 482 g/mol. The Morgan fingerprint density at radius 2 is 1.77 bits per heavy atom. The molecule has 0 bridgehead atoms. The molecule has 1 unspecified atom stereocenters. The summed E-state index contributed by atoms with van der Waals surface area (Å²) in [5.74, 6) is -7.20. The lowest BCUT2D eigenvalue weighted by molar-refractivity contribution is -0.363. The van der Waals surface area contributed by atoms with Crippen LogP contribution in [0.2, 0.25) is 10.0 Å². The van der Waals surface area contributed by atoms with E-state index in [1.165, 1.54) is 42.5 Å². The van der Waals surface area contributed by atoms with E-state index in [1.54, 1.807) is 6.07 Å². The van der Waals surface area contributed by atoms with Crippen molar-refractivity contribution in [1.29, 1.82) is 0 Å². The van der Waals surface area contributed by atoms with E-state index in [-0.39, 0.29) is 32.1 Å². The zero-order chi connectivity index (χ0) is 23.0. The second-order valence-electron chi connectivity index (χ2n) is 6.55. The maximum absolute atomic E-state index is 14.3. The highest BCUT2D eigenvalue weighted by Crippen LogP contribution is 2.49. The van der Waals surface area contributed by atoms with Gasteiger partial charge in [0, 0.05) is 11.4 Å². The fourth-order valence-corrected chi connectivity index (χ4v) is 3.33. The summed E-state index contributed by atoms with van der Waals surface area (Å²) >= 11 is 11.6. The third kappa shape index (κ3) is 4.32. The van der Waals surface area contributed by atoms with Crippen LogP contribution in [0.15, 0.2) is 53.6 Å². The number of hydrogen-bond acceptors (Lipinski definition) is 4. The van der Waals surface area contributed by atoms with E-state index in [0.717, 1.165) is 0 Å². The molecular weight excluding hydrogens is 470 g/mol. The summed E-state index contributed by atoms with van der Waals surface area (Å²) in [5, 5.41) is 13.9. The van der Waals surface area contributed by atoms with Crippen molar-refractivity contribution in [2.75, 3.05) is 6.61 Å². The number of carbonyl (C=O) groups excluding carboxylic acids is 1. The lowest BCUT2D eigenvalue weighted by atomic mass is 9.95. The van der Waals surface area contributed by atoms with Crippen molar-refractivity contribution in [2.24, 2.45) is 5.10 Å². The topological polar surface area (TPSA) is 62.1 Å². The van der Waals surface area contributed by atoms with Crippen molar-refractivity contribution in [2.45, 2.75) is 24.2 Å². The first-order valence-corrected chi connectivity index (χ1v) is 9.33. The molecule has 1 amide bonds. The minimum absolute atomic E-state index is 0.0221. The highest BCUT2D eigenvalue weighted by Gasteiger charge is 2.75. The lowest BCUT2D eigenvalue weighted by Crippen LogP contribution is -2.65. The number of rotatable bonds is 5. The average molecular weight is 483 g/mol. The van der Waals surface area contributed by atoms with Crippen molar-refractivity contribution in [3.8, 4) is 5.75 Å². The molecule has 5 nitrogen and oxygen atoms in total. The third-order valence-corrected chi connectivity index (χ3v) is 4.96. The minimum Gasteiger partial charge on any atom is -0.482 e. The Hall–Kier alpha value is -2.43. The molecule has 0 radical (unpaired) electrons. The van der Waals surface area contributed by atoms with Gasteiger partial charge in [-0.1, -0.05) is 53.5 Å². The first-order chi connectivity index (χ1) is 14.4. The summed E-state index contributed by atoms with van der Waals surface area (Å²) in [4.78, 5) is 12.5. The van der Waals surface area contributed by atoms with E-state index >= 15 is 0 Å². The summed E-state index contributed by atoms with van der Waals surface area (Å²) < 4.78 is 72.9. The summed E-state index contributed by atoms with van der Waals surface area (Å²) in [7, 11) is 0. The molecule has 1 aliphatic rings. The Balaban J connectivity index is 1.93. The van der Waals surface area contributed by atoms with Crippen molar-refractivity contribution in [1.82, 2.24) is 5.01 Å². The van der Waals surface area contributed by atoms with Crippen LogP contribution in [-0.2, 0) is 4.79 Å². The van der Waals surface area contributed by atoms with Crippen LogP contribution in [0, 0.1) is 0 Å². The Kier molecular flexibility index (Phi) is 6.18. The van der Waals surface area contributed by atoms with Crippen LogP contribution in [0.5, 0.6) is 5.75 Å². The zero-order valence-corrected chi connectivity index (χ0v) is 16.8. The Labute approximate surface area is 182 Å². The molecule has 0 saturated carbocycles. The smallest absolute Gasteiger partial charge is 0.458 e. The largest absolute Gasteiger partial charge is 0.482 e. The summed E-state index contributed by atoms with van der Waals surface area (Å²) in [6.45, 7) is -1.02. The molecule has 0 saturated heterocycles. The van der Waals surface area contributed by atoms with Gasteiger partial charge in [0.15, 0.2) is 6.61 Å². The first kappa shape index (κ1) is 23.2. The van der Waals surface area contributed by atoms with Gasteiger partial charge >= 0.3 is 12.1 Å². The van der Waals surface area contributed by atoms with Gasteiger partial charge in [0.2, 0.25) is 5.72 Å². The van der Waals surface area contributed by atoms with E-state index < -0.39 is 36.8 Å². The van der Waals surface area contributed by atoms with Gasteiger partial charge in [0.25, 0.3) is 5.91 Å². The molecule has 31 heavy (non-hydrogen) atoms. The molecule has 1 N–H and O–H groups in total. The highest BCUT2D eigenvalue weighted by atomic mass is 35.5. The molecule has 1 atom stereocenters. The number of benzene rings is 2. The Morgan fingerprint density at radius 3 is 2.35 bits per heavy atom. The van der Waals surface area contributed by atoms with E-state index in [9.17, 15) is 31.9 Å². The number of hydrazone groups is 1. The molecule has 1 aliphatic heterocycles. The highest BCUT2D eigenvalue weighted by molar-refractivity contribution is 6.35. The number of amides is 1. The molecule has 1 heterocycles. The second-order valence-corrected chi connectivity index (χ2v) is 7.39. The van der Waals surface area contributed by atoms with Gasteiger partial charge in [0.1, 0.15) is 5.75 Å². The fourth-order valence-electron chi connectivity index (χ4n) is 2.86. The molecule has 0 fully saturated rings. The van der Waals surface area contributed by atoms with Crippen molar-refractivity contribution < 1.29 is 36.6 Å². The van der Waals surface area contributed by atoms with Crippen LogP contribution in [0.4, 0.5) is 22.0 Å². The van der Waals surface area contributed by atoms with Crippen LogP contribution in [0.3, 0.4) is 0 Å². The predicted octanol–water partition coefficient (Wildman–Crippen LogP) is 4.90. The van der Waals surface area contributed by atoms with Crippen molar-refractivity contribution >= 4 is 34.8 Å². The van der Waals surface area contributed by atoms with Crippen molar-refractivity contribution in [3.63, 3.8) is 0 Å². The number of alkyl halides is 5. The summed E-state index contributed by atoms with van der Waals surface area (Å²) in [5.41, 5.74) is -4.15. The molecule has 0 aliphatic carbocycles. The molecule has 166 valence electrons. The lowest BCUT2D eigenvalue weighted by Gasteiger charge is -2.37. The normalized spacial score (nSPS) is 19.4. The van der Waals surface area contributed by atoms with Crippen LogP contribution in [0.25, 0.3) is 0 Å². The molecule has 3 rings (SSSR count). The SMILES string of the molecule is O=C(COc1ccc(Cl)cc1Cl)N1N=C(c2ccccc2)CC1(O)C(F)(F)C(F)(F)F. The van der Waals surface area contributed by atoms with Crippen molar-refractivity contribution in [3.05, 3.63) is 64.1 Å².